The zero-order chi connectivity index (χ0) is 21.7. The third-order valence-corrected chi connectivity index (χ3v) is 6.20. The summed E-state index contributed by atoms with van der Waals surface area (Å²) >= 11 is 3.13. The van der Waals surface area contributed by atoms with E-state index in [1.54, 1.807) is 12.1 Å². The molecule has 1 heterocycles. The Hall–Kier alpha value is -2.09. The van der Waals surface area contributed by atoms with Crippen molar-refractivity contribution >= 4 is 37.7 Å². The summed E-state index contributed by atoms with van der Waals surface area (Å²) in [6.45, 7) is 0.897. The number of hydrogen-bond donors (Lipinski definition) is 4. The lowest BCUT2D eigenvalue weighted by atomic mass is 10.0. The number of benzene rings is 1. The molecule has 1 aliphatic rings. The lowest BCUT2D eigenvalue weighted by Gasteiger charge is -2.12. The molecule has 2 aromatic rings. The minimum absolute atomic E-state index is 0.197. The Labute approximate surface area is 181 Å². The van der Waals surface area contributed by atoms with E-state index in [0.29, 0.717) is 34.9 Å². The van der Waals surface area contributed by atoms with Crippen molar-refractivity contribution in [2.24, 2.45) is 22.1 Å². The van der Waals surface area contributed by atoms with E-state index in [9.17, 15) is 18.0 Å². The second kappa shape index (κ2) is 9.81. The fourth-order valence-corrected chi connectivity index (χ4v) is 4.42. The second-order valence-corrected chi connectivity index (χ2v) is 9.49. The zero-order valence-electron chi connectivity index (χ0n) is 15.9. The normalized spacial score (nSPS) is 19.9. The molecule has 1 aliphatic carbocycles. The summed E-state index contributed by atoms with van der Waals surface area (Å²) in [5.74, 6) is 0.483. The maximum absolute atomic E-state index is 13.4. The summed E-state index contributed by atoms with van der Waals surface area (Å²) < 4.78 is 42.9. The standard InChI is InChI=1S/C17H22BrFN6O4S/c18-13-6-10(3-4-14(13)19)7-15(23-26)16-17(25-29-24-16)21-8-11-1-2-12(5-11)9-22-30(20,27)28/h3-4,6,11-12,22,26H,1-2,5,7-9H2,(H,21,25)(H2,20,27,28). The van der Waals surface area contributed by atoms with Crippen LogP contribution in [-0.4, -0.2) is 42.7 Å². The Bertz CT molecular complexity index is 1020. The molecule has 0 aliphatic heterocycles. The maximum atomic E-state index is 13.4. The number of oxime groups is 1. The lowest BCUT2D eigenvalue weighted by molar-refractivity contribution is 0.304. The van der Waals surface area contributed by atoms with Crippen LogP contribution in [0.3, 0.4) is 0 Å². The third kappa shape index (κ3) is 6.20. The van der Waals surface area contributed by atoms with Gasteiger partial charge >= 0.3 is 0 Å². The van der Waals surface area contributed by atoms with Crippen LogP contribution in [0.2, 0.25) is 0 Å². The quantitative estimate of drug-likeness (QED) is 0.231. The topological polar surface area (TPSA) is 156 Å². The first-order valence-corrected chi connectivity index (χ1v) is 11.6. The molecule has 2 atom stereocenters. The van der Waals surface area contributed by atoms with Gasteiger partial charge in [0.05, 0.1) is 4.47 Å². The van der Waals surface area contributed by atoms with E-state index in [-0.39, 0.29) is 29.6 Å². The van der Waals surface area contributed by atoms with Gasteiger partial charge in [-0.25, -0.2) is 18.9 Å². The minimum atomic E-state index is -3.68. The maximum Gasteiger partial charge on any atom is 0.274 e. The minimum Gasteiger partial charge on any atom is -0.411 e. The number of halogens is 2. The van der Waals surface area contributed by atoms with Crippen molar-refractivity contribution in [1.29, 1.82) is 0 Å². The van der Waals surface area contributed by atoms with Crippen molar-refractivity contribution in [1.82, 2.24) is 15.0 Å². The van der Waals surface area contributed by atoms with E-state index < -0.39 is 10.2 Å². The van der Waals surface area contributed by atoms with E-state index in [1.807, 2.05) is 0 Å². The van der Waals surface area contributed by atoms with Gasteiger partial charge < -0.3 is 10.5 Å². The van der Waals surface area contributed by atoms with Crippen LogP contribution in [0.5, 0.6) is 0 Å². The monoisotopic (exact) mass is 504 g/mol. The molecule has 1 aromatic carbocycles. The number of aromatic nitrogens is 2. The lowest BCUT2D eigenvalue weighted by Crippen LogP contribution is -2.34. The number of rotatable bonds is 9. The largest absolute Gasteiger partial charge is 0.411 e. The second-order valence-electron chi connectivity index (χ2n) is 7.25. The van der Waals surface area contributed by atoms with Crippen molar-refractivity contribution < 1.29 is 22.6 Å². The van der Waals surface area contributed by atoms with Gasteiger partial charge in [-0.05, 0) is 75.0 Å². The van der Waals surface area contributed by atoms with E-state index >= 15 is 0 Å². The molecule has 30 heavy (non-hydrogen) atoms. The summed E-state index contributed by atoms with van der Waals surface area (Å²) in [5, 5.41) is 28.5. The Morgan fingerprint density at radius 3 is 2.73 bits per heavy atom. The van der Waals surface area contributed by atoms with Crippen molar-refractivity contribution in [3.8, 4) is 0 Å². The van der Waals surface area contributed by atoms with Crippen LogP contribution in [0.4, 0.5) is 10.2 Å². The molecule has 0 spiro atoms. The van der Waals surface area contributed by atoms with Crippen molar-refractivity contribution in [2.45, 2.75) is 25.7 Å². The van der Waals surface area contributed by atoms with Crippen molar-refractivity contribution in [3.63, 3.8) is 0 Å². The molecule has 10 nitrogen and oxygen atoms in total. The van der Waals surface area contributed by atoms with Gasteiger partial charge in [-0.15, -0.1) is 0 Å². The highest BCUT2D eigenvalue weighted by Crippen LogP contribution is 2.31. The highest BCUT2D eigenvalue weighted by Gasteiger charge is 2.26. The molecule has 0 bridgehead atoms. The Kier molecular flexibility index (Phi) is 7.39. The van der Waals surface area contributed by atoms with E-state index in [1.165, 1.54) is 6.07 Å². The average molecular weight is 505 g/mol. The molecule has 1 fully saturated rings. The average Bonchev–Trinajstić information content (AvgIpc) is 3.34. The van der Waals surface area contributed by atoms with E-state index in [2.05, 4.69) is 41.4 Å². The molecule has 1 saturated carbocycles. The summed E-state index contributed by atoms with van der Waals surface area (Å²) in [6, 6.07) is 4.49. The predicted octanol–water partition coefficient (Wildman–Crippen LogP) is 2.01. The summed E-state index contributed by atoms with van der Waals surface area (Å²) in [4.78, 5) is 0. The molecule has 1 aromatic heterocycles. The zero-order valence-corrected chi connectivity index (χ0v) is 18.3. The fourth-order valence-electron chi connectivity index (χ4n) is 3.53. The van der Waals surface area contributed by atoms with Gasteiger partial charge in [0, 0.05) is 19.5 Å². The first kappa shape index (κ1) is 22.6. The van der Waals surface area contributed by atoms with Crippen LogP contribution in [0, 0.1) is 17.7 Å². The van der Waals surface area contributed by atoms with Gasteiger partial charge in [-0.3, -0.25) is 0 Å². The van der Waals surface area contributed by atoms with Crippen LogP contribution in [0.15, 0.2) is 32.5 Å². The molecule has 3 rings (SSSR count). The first-order chi connectivity index (χ1) is 14.2. The predicted molar refractivity (Wildman–Crippen MR) is 111 cm³/mol. The molecule has 0 saturated heterocycles. The van der Waals surface area contributed by atoms with Gasteiger partial charge in [0.25, 0.3) is 10.2 Å². The van der Waals surface area contributed by atoms with Crippen LogP contribution < -0.4 is 15.2 Å². The molecule has 164 valence electrons. The van der Waals surface area contributed by atoms with E-state index in [0.717, 1.165) is 19.3 Å². The van der Waals surface area contributed by atoms with Crippen LogP contribution in [0.1, 0.15) is 30.5 Å². The van der Waals surface area contributed by atoms with E-state index in [4.69, 9.17) is 9.77 Å². The van der Waals surface area contributed by atoms with Gasteiger partial charge in [0.1, 0.15) is 11.5 Å². The number of hydrogen-bond acceptors (Lipinski definition) is 8. The highest BCUT2D eigenvalue weighted by molar-refractivity contribution is 9.10. The Morgan fingerprint density at radius 2 is 2.07 bits per heavy atom. The van der Waals surface area contributed by atoms with Gasteiger partial charge in [0.15, 0.2) is 11.5 Å². The highest BCUT2D eigenvalue weighted by atomic mass is 79.9. The molecule has 0 radical (unpaired) electrons. The molecule has 2 unspecified atom stereocenters. The molecule has 0 amide bonds. The van der Waals surface area contributed by atoms with Gasteiger partial charge in [-0.1, -0.05) is 11.2 Å². The first-order valence-electron chi connectivity index (χ1n) is 9.24. The Balaban J connectivity index is 1.57. The molecular formula is C17H22BrFN6O4S. The van der Waals surface area contributed by atoms with Crippen molar-refractivity contribution in [2.75, 3.05) is 18.4 Å². The van der Waals surface area contributed by atoms with Crippen LogP contribution in [-0.2, 0) is 16.6 Å². The number of nitrogens with zero attached hydrogens (tertiary/aromatic N) is 3. The summed E-state index contributed by atoms with van der Waals surface area (Å²) in [5.41, 5.74) is 1.20. The molecule has 13 heteroatoms. The summed E-state index contributed by atoms with van der Waals surface area (Å²) in [6.07, 6.45) is 2.85. The SMILES string of the molecule is NS(=O)(=O)NCC1CCC(CNc2nonc2C(Cc2ccc(F)c(Br)c2)=NO)C1. The van der Waals surface area contributed by atoms with Crippen LogP contribution in [0.25, 0.3) is 0 Å². The van der Waals surface area contributed by atoms with Crippen LogP contribution >= 0.6 is 15.9 Å². The number of nitrogens with one attached hydrogen (secondary N) is 2. The number of anilines is 1. The number of nitrogens with two attached hydrogens (primary N) is 1. The smallest absolute Gasteiger partial charge is 0.274 e. The molecular weight excluding hydrogens is 483 g/mol. The summed E-state index contributed by atoms with van der Waals surface area (Å²) in [7, 11) is -3.68. The van der Waals surface area contributed by atoms with Crippen molar-refractivity contribution in [3.05, 3.63) is 39.7 Å². The molecule has 5 N–H and O–H groups in total. The third-order valence-electron chi connectivity index (χ3n) is 5.02. The fraction of sp³-hybridized carbons (Fsp3) is 0.471. The van der Waals surface area contributed by atoms with Gasteiger partial charge in [-0.2, -0.15) is 8.42 Å². The Morgan fingerprint density at radius 1 is 1.33 bits per heavy atom. The van der Waals surface area contributed by atoms with Gasteiger partial charge in [0.2, 0.25) is 0 Å².